The standard InChI is InChI=1S/C13H16ClN3/c1-9-13(10(2)17(3)16-9)15-8-11-4-6-12(14)7-5-11/h4-7,15H,8H2,1-3H3. The maximum absolute atomic E-state index is 5.85. The summed E-state index contributed by atoms with van der Waals surface area (Å²) in [5.41, 5.74) is 4.50. The first-order valence-electron chi connectivity index (χ1n) is 5.56. The summed E-state index contributed by atoms with van der Waals surface area (Å²) in [6.07, 6.45) is 0. The fourth-order valence-electron chi connectivity index (χ4n) is 1.82. The number of rotatable bonds is 3. The molecule has 1 aromatic heterocycles. The fourth-order valence-corrected chi connectivity index (χ4v) is 1.95. The van der Waals surface area contributed by atoms with Crippen LogP contribution in [0.5, 0.6) is 0 Å². The third kappa shape index (κ3) is 2.61. The predicted octanol–water partition coefficient (Wildman–Crippen LogP) is 3.30. The molecule has 0 amide bonds. The summed E-state index contributed by atoms with van der Waals surface area (Å²) in [4.78, 5) is 0. The van der Waals surface area contributed by atoms with Crippen LogP contribution in [0.25, 0.3) is 0 Å². The van der Waals surface area contributed by atoms with Crippen molar-refractivity contribution in [3.63, 3.8) is 0 Å². The number of benzene rings is 1. The average molecular weight is 250 g/mol. The van der Waals surface area contributed by atoms with E-state index in [-0.39, 0.29) is 0 Å². The lowest BCUT2D eigenvalue weighted by atomic mass is 10.2. The molecule has 1 heterocycles. The van der Waals surface area contributed by atoms with Crippen LogP contribution in [0.1, 0.15) is 17.0 Å². The number of aryl methyl sites for hydroxylation is 2. The van der Waals surface area contributed by atoms with E-state index < -0.39 is 0 Å². The molecule has 90 valence electrons. The van der Waals surface area contributed by atoms with Gasteiger partial charge in [0.1, 0.15) is 0 Å². The zero-order valence-corrected chi connectivity index (χ0v) is 11.0. The van der Waals surface area contributed by atoms with Crippen LogP contribution in [0.15, 0.2) is 24.3 Å². The van der Waals surface area contributed by atoms with E-state index in [2.05, 4.69) is 17.3 Å². The number of nitrogens with zero attached hydrogens (tertiary/aromatic N) is 2. The molecule has 0 atom stereocenters. The Kier molecular flexibility index (Phi) is 3.38. The summed E-state index contributed by atoms with van der Waals surface area (Å²) >= 11 is 5.85. The lowest BCUT2D eigenvalue weighted by molar-refractivity contribution is 0.731. The van der Waals surface area contributed by atoms with Crippen molar-refractivity contribution < 1.29 is 0 Å². The highest BCUT2D eigenvalue weighted by molar-refractivity contribution is 6.30. The van der Waals surface area contributed by atoms with Crippen LogP contribution in [0.3, 0.4) is 0 Å². The van der Waals surface area contributed by atoms with Gasteiger partial charge in [-0.05, 0) is 31.5 Å². The third-order valence-corrected chi connectivity index (χ3v) is 3.14. The lowest BCUT2D eigenvalue weighted by Crippen LogP contribution is -2.01. The molecule has 2 rings (SSSR count). The largest absolute Gasteiger partial charge is 0.378 e. The minimum absolute atomic E-state index is 0.766. The molecule has 0 saturated carbocycles. The quantitative estimate of drug-likeness (QED) is 0.905. The van der Waals surface area contributed by atoms with Crippen LogP contribution in [0.4, 0.5) is 5.69 Å². The first-order valence-corrected chi connectivity index (χ1v) is 5.94. The molecule has 3 nitrogen and oxygen atoms in total. The zero-order valence-electron chi connectivity index (χ0n) is 10.3. The van der Waals surface area contributed by atoms with Crippen LogP contribution in [-0.2, 0) is 13.6 Å². The van der Waals surface area contributed by atoms with E-state index in [1.807, 2.05) is 42.9 Å². The van der Waals surface area contributed by atoms with E-state index in [9.17, 15) is 0 Å². The zero-order chi connectivity index (χ0) is 12.4. The molecular weight excluding hydrogens is 234 g/mol. The highest BCUT2D eigenvalue weighted by Gasteiger charge is 2.08. The van der Waals surface area contributed by atoms with Crippen LogP contribution in [0.2, 0.25) is 5.02 Å². The Balaban J connectivity index is 2.09. The molecule has 0 saturated heterocycles. The number of aromatic nitrogens is 2. The predicted molar refractivity (Wildman–Crippen MR) is 71.5 cm³/mol. The van der Waals surface area contributed by atoms with Gasteiger partial charge < -0.3 is 5.32 Å². The smallest absolute Gasteiger partial charge is 0.0827 e. The van der Waals surface area contributed by atoms with Crippen molar-refractivity contribution in [3.8, 4) is 0 Å². The van der Waals surface area contributed by atoms with Crippen molar-refractivity contribution in [2.75, 3.05) is 5.32 Å². The topological polar surface area (TPSA) is 29.9 Å². The van der Waals surface area contributed by atoms with Crippen LogP contribution in [0, 0.1) is 13.8 Å². The minimum atomic E-state index is 0.766. The number of halogens is 1. The van der Waals surface area contributed by atoms with Crippen LogP contribution in [-0.4, -0.2) is 9.78 Å². The van der Waals surface area contributed by atoms with Gasteiger partial charge >= 0.3 is 0 Å². The maximum atomic E-state index is 5.85. The first-order chi connectivity index (χ1) is 8.08. The van der Waals surface area contributed by atoms with Crippen LogP contribution >= 0.6 is 11.6 Å². The fraction of sp³-hybridized carbons (Fsp3) is 0.308. The van der Waals surface area contributed by atoms with Crippen LogP contribution < -0.4 is 5.32 Å². The molecule has 0 aliphatic rings. The SMILES string of the molecule is Cc1nn(C)c(C)c1NCc1ccc(Cl)cc1. The second-order valence-corrected chi connectivity index (χ2v) is 4.59. The normalized spacial score (nSPS) is 10.6. The third-order valence-electron chi connectivity index (χ3n) is 2.89. The molecule has 0 aliphatic carbocycles. The molecule has 2 aromatic rings. The van der Waals surface area contributed by atoms with Gasteiger partial charge in [-0.1, -0.05) is 23.7 Å². The molecule has 0 radical (unpaired) electrons. The van der Waals surface area contributed by atoms with E-state index in [0.29, 0.717) is 0 Å². The van der Waals surface area contributed by atoms with Gasteiger partial charge in [0.15, 0.2) is 0 Å². The van der Waals surface area contributed by atoms with Gasteiger partial charge in [0.25, 0.3) is 0 Å². The molecule has 0 unspecified atom stereocenters. The van der Waals surface area contributed by atoms with E-state index in [4.69, 9.17) is 11.6 Å². The van der Waals surface area contributed by atoms with E-state index in [0.717, 1.165) is 28.6 Å². The Bertz CT molecular complexity index is 514. The number of hydrogen-bond donors (Lipinski definition) is 1. The highest BCUT2D eigenvalue weighted by Crippen LogP contribution is 2.19. The van der Waals surface area contributed by atoms with Gasteiger partial charge in [0.2, 0.25) is 0 Å². The molecule has 1 aromatic carbocycles. The molecule has 0 aliphatic heterocycles. The van der Waals surface area contributed by atoms with Gasteiger partial charge in [-0.15, -0.1) is 0 Å². The second-order valence-electron chi connectivity index (χ2n) is 4.15. The molecule has 4 heteroatoms. The van der Waals surface area contributed by atoms with Gasteiger partial charge in [-0.25, -0.2) is 0 Å². The summed E-state index contributed by atoms with van der Waals surface area (Å²) in [6, 6.07) is 7.86. The van der Waals surface area contributed by atoms with Crippen molar-refractivity contribution in [2.24, 2.45) is 7.05 Å². The second kappa shape index (κ2) is 4.80. The van der Waals surface area contributed by atoms with E-state index in [1.54, 1.807) is 0 Å². The van der Waals surface area contributed by atoms with Crippen molar-refractivity contribution in [1.82, 2.24) is 9.78 Å². The summed E-state index contributed by atoms with van der Waals surface area (Å²) in [5.74, 6) is 0. The van der Waals surface area contributed by atoms with E-state index in [1.165, 1.54) is 5.56 Å². The number of anilines is 1. The van der Waals surface area contributed by atoms with Crippen molar-refractivity contribution in [3.05, 3.63) is 46.2 Å². The maximum Gasteiger partial charge on any atom is 0.0827 e. The highest BCUT2D eigenvalue weighted by atomic mass is 35.5. The Morgan fingerprint density at radius 2 is 1.88 bits per heavy atom. The first kappa shape index (κ1) is 12.0. The van der Waals surface area contributed by atoms with Crippen molar-refractivity contribution in [1.29, 1.82) is 0 Å². The summed E-state index contributed by atoms with van der Waals surface area (Å²) in [7, 11) is 1.95. The molecule has 1 N–H and O–H groups in total. The average Bonchev–Trinajstić information content (AvgIpc) is 2.54. The van der Waals surface area contributed by atoms with Gasteiger partial charge in [-0.3, -0.25) is 4.68 Å². The Morgan fingerprint density at radius 1 is 1.24 bits per heavy atom. The summed E-state index contributed by atoms with van der Waals surface area (Å²) in [5, 5.41) is 8.55. The molecule has 0 bridgehead atoms. The minimum Gasteiger partial charge on any atom is -0.378 e. The molecular formula is C13H16ClN3. The number of nitrogens with one attached hydrogen (secondary N) is 1. The Morgan fingerprint density at radius 3 is 2.41 bits per heavy atom. The van der Waals surface area contributed by atoms with Gasteiger partial charge in [-0.2, -0.15) is 5.10 Å². The lowest BCUT2D eigenvalue weighted by Gasteiger charge is -2.07. The van der Waals surface area contributed by atoms with Gasteiger partial charge in [0, 0.05) is 18.6 Å². The van der Waals surface area contributed by atoms with Crippen molar-refractivity contribution in [2.45, 2.75) is 20.4 Å². The van der Waals surface area contributed by atoms with E-state index >= 15 is 0 Å². The number of hydrogen-bond acceptors (Lipinski definition) is 2. The van der Waals surface area contributed by atoms with Crippen molar-refractivity contribution >= 4 is 17.3 Å². The molecule has 0 fully saturated rings. The Labute approximate surface area is 106 Å². The Hall–Kier alpha value is -1.48. The monoisotopic (exact) mass is 249 g/mol. The summed E-state index contributed by atoms with van der Waals surface area (Å²) < 4.78 is 1.89. The molecule has 17 heavy (non-hydrogen) atoms. The molecule has 0 spiro atoms. The van der Waals surface area contributed by atoms with Gasteiger partial charge in [0.05, 0.1) is 17.1 Å². The summed E-state index contributed by atoms with van der Waals surface area (Å²) in [6.45, 7) is 4.85.